The zero-order chi connectivity index (χ0) is 17.9. The molecule has 2 aromatic carbocycles. The number of esters is 1. The quantitative estimate of drug-likeness (QED) is 0.581. The highest BCUT2D eigenvalue weighted by atomic mass is 35.5. The number of ether oxygens (including phenoxy) is 1. The Hall–Kier alpha value is -1.60. The first kappa shape index (κ1) is 18.7. The molecule has 0 saturated carbocycles. The molecule has 0 spiro atoms. The highest BCUT2D eigenvalue weighted by Gasteiger charge is 2.23. The summed E-state index contributed by atoms with van der Waals surface area (Å²) in [5.41, 5.74) is 0.940. The molecule has 0 bridgehead atoms. The lowest BCUT2D eigenvalue weighted by atomic mass is 10.2. The fourth-order valence-electron chi connectivity index (χ4n) is 1.86. The third-order valence-corrected chi connectivity index (χ3v) is 5.76. The Balaban J connectivity index is 2.07. The van der Waals surface area contributed by atoms with E-state index in [1.54, 1.807) is 12.1 Å². The van der Waals surface area contributed by atoms with E-state index in [4.69, 9.17) is 27.9 Å². The SMILES string of the molecule is Cc1ccc(S(=O)(=O)N(C)CC(=O)Oc2ccc(Cl)c(Cl)c2)cc1. The lowest BCUT2D eigenvalue weighted by Crippen LogP contribution is -2.34. The Morgan fingerprint density at radius 1 is 1.08 bits per heavy atom. The van der Waals surface area contributed by atoms with Gasteiger partial charge in [-0.1, -0.05) is 40.9 Å². The summed E-state index contributed by atoms with van der Waals surface area (Å²) >= 11 is 11.6. The van der Waals surface area contributed by atoms with Gasteiger partial charge in [-0.3, -0.25) is 4.79 Å². The number of aryl methyl sites for hydroxylation is 1. The second-order valence-electron chi connectivity index (χ2n) is 5.12. The summed E-state index contributed by atoms with van der Waals surface area (Å²) in [5.74, 6) is -0.540. The van der Waals surface area contributed by atoms with Crippen molar-refractivity contribution >= 4 is 39.2 Å². The summed E-state index contributed by atoms with van der Waals surface area (Å²) in [6.45, 7) is 1.42. The normalized spacial score (nSPS) is 11.5. The van der Waals surface area contributed by atoms with E-state index < -0.39 is 22.5 Å². The maximum Gasteiger partial charge on any atom is 0.326 e. The summed E-state index contributed by atoms with van der Waals surface area (Å²) in [7, 11) is -2.46. The minimum absolute atomic E-state index is 0.109. The molecule has 5 nitrogen and oxygen atoms in total. The molecule has 2 rings (SSSR count). The van der Waals surface area contributed by atoms with Crippen molar-refractivity contribution in [3.63, 3.8) is 0 Å². The van der Waals surface area contributed by atoms with Crippen LogP contribution in [0.25, 0.3) is 0 Å². The van der Waals surface area contributed by atoms with Gasteiger partial charge in [-0.2, -0.15) is 4.31 Å². The number of likely N-dealkylation sites (N-methyl/N-ethyl adjacent to an activating group) is 1. The van der Waals surface area contributed by atoms with Crippen molar-refractivity contribution in [2.75, 3.05) is 13.6 Å². The molecule has 0 heterocycles. The zero-order valence-corrected chi connectivity index (χ0v) is 15.3. The molecule has 0 unspecified atom stereocenters. The van der Waals surface area contributed by atoms with Gasteiger partial charge in [-0.05, 0) is 31.2 Å². The molecule has 0 aliphatic carbocycles. The Kier molecular flexibility index (Phi) is 5.87. The standard InChI is InChI=1S/C16H15Cl2NO4S/c1-11-3-6-13(7-4-11)24(21,22)19(2)10-16(20)23-12-5-8-14(17)15(18)9-12/h3-9H,10H2,1-2H3. The second kappa shape index (κ2) is 7.53. The van der Waals surface area contributed by atoms with Gasteiger partial charge in [-0.25, -0.2) is 8.42 Å². The number of hydrogen-bond donors (Lipinski definition) is 0. The van der Waals surface area contributed by atoms with Gasteiger partial charge >= 0.3 is 5.97 Å². The number of halogens is 2. The van der Waals surface area contributed by atoms with Crippen molar-refractivity contribution in [1.82, 2.24) is 4.31 Å². The van der Waals surface area contributed by atoms with Crippen molar-refractivity contribution in [2.24, 2.45) is 0 Å². The van der Waals surface area contributed by atoms with E-state index in [9.17, 15) is 13.2 Å². The van der Waals surface area contributed by atoms with Gasteiger partial charge in [0, 0.05) is 13.1 Å². The van der Waals surface area contributed by atoms with Crippen LogP contribution in [0.15, 0.2) is 47.4 Å². The van der Waals surface area contributed by atoms with Crippen molar-refractivity contribution in [3.05, 3.63) is 58.1 Å². The molecule has 0 amide bonds. The number of carbonyl (C=O) groups is 1. The van der Waals surface area contributed by atoms with Crippen LogP contribution in [-0.4, -0.2) is 32.3 Å². The van der Waals surface area contributed by atoms with E-state index >= 15 is 0 Å². The summed E-state index contributed by atoms with van der Waals surface area (Å²) in [6, 6.07) is 10.7. The first-order chi connectivity index (χ1) is 11.2. The van der Waals surface area contributed by atoms with Crippen molar-refractivity contribution in [1.29, 1.82) is 0 Å². The Labute approximate surface area is 150 Å². The minimum atomic E-state index is -3.77. The summed E-state index contributed by atoms with van der Waals surface area (Å²) in [4.78, 5) is 12.1. The van der Waals surface area contributed by atoms with Gasteiger partial charge < -0.3 is 4.74 Å². The number of carbonyl (C=O) groups excluding carboxylic acids is 1. The number of sulfonamides is 1. The molecular weight excluding hydrogens is 373 g/mol. The summed E-state index contributed by atoms with van der Waals surface area (Å²) in [6.07, 6.45) is 0. The Morgan fingerprint density at radius 3 is 2.29 bits per heavy atom. The lowest BCUT2D eigenvalue weighted by molar-refractivity contribution is -0.134. The average molecular weight is 388 g/mol. The van der Waals surface area contributed by atoms with E-state index in [-0.39, 0.29) is 15.7 Å². The average Bonchev–Trinajstić information content (AvgIpc) is 2.51. The molecule has 128 valence electrons. The summed E-state index contributed by atoms with van der Waals surface area (Å²) in [5, 5.41) is 0.568. The van der Waals surface area contributed by atoms with Gasteiger partial charge in [0.25, 0.3) is 0 Å². The Morgan fingerprint density at radius 2 is 1.71 bits per heavy atom. The van der Waals surface area contributed by atoms with Crippen LogP contribution in [0.4, 0.5) is 0 Å². The fourth-order valence-corrected chi connectivity index (χ4v) is 3.26. The molecule has 24 heavy (non-hydrogen) atoms. The van der Waals surface area contributed by atoms with Crippen LogP contribution in [0.3, 0.4) is 0 Å². The van der Waals surface area contributed by atoms with E-state index in [1.165, 1.54) is 37.4 Å². The van der Waals surface area contributed by atoms with Crippen LogP contribution in [0.2, 0.25) is 10.0 Å². The first-order valence-electron chi connectivity index (χ1n) is 6.89. The third kappa shape index (κ3) is 4.48. The van der Waals surface area contributed by atoms with Crippen LogP contribution >= 0.6 is 23.2 Å². The molecule has 0 atom stereocenters. The maximum absolute atomic E-state index is 12.4. The number of nitrogens with zero attached hydrogens (tertiary/aromatic N) is 1. The largest absolute Gasteiger partial charge is 0.425 e. The predicted molar refractivity (Wildman–Crippen MR) is 93.1 cm³/mol. The molecule has 2 aromatic rings. The van der Waals surface area contributed by atoms with Crippen molar-refractivity contribution in [2.45, 2.75) is 11.8 Å². The molecule has 0 aromatic heterocycles. The van der Waals surface area contributed by atoms with Gasteiger partial charge in [-0.15, -0.1) is 0 Å². The summed E-state index contributed by atoms with van der Waals surface area (Å²) < 4.78 is 30.8. The zero-order valence-electron chi connectivity index (χ0n) is 13.0. The monoisotopic (exact) mass is 387 g/mol. The molecular formula is C16H15Cl2NO4S. The van der Waals surface area contributed by atoms with Gasteiger partial charge in [0.2, 0.25) is 10.0 Å². The molecule has 0 aliphatic rings. The molecule has 0 aliphatic heterocycles. The van der Waals surface area contributed by atoms with Gasteiger partial charge in [0.15, 0.2) is 0 Å². The smallest absolute Gasteiger partial charge is 0.326 e. The lowest BCUT2D eigenvalue weighted by Gasteiger charge is -2.16. The predicted octanol–water partition coefficient (Wildman–Crippen LogP) is 3.53. The van der Waals surface area contributed by atoms with Crippen LogP contribution < -0.4 is 4.74 Å². The van der Waals surface area contributed by atoms with E-state index in [1.807, 2.05) is 6.92 Å². The molecule has 0 fully saturated rings. The Bertz CT molecular complexity index is 851. The van der Waals surface area contributed by atoms with Crippen molar-refractivity contribution < 1.29 is 17.9 Å². The van der Waals surface area contributed by atoms with Gasteiger partial charge in [0.05, 0.1) is 14.9 Å². The minimum Gasteiger partial charge on any atom is -0.425 e. The highest BCUT2D eigenvalue weighted by molar-refractivity contribution is 7.89. The number of rotatable bonds is 5. The first-order valence-corrected chi connectivity index (χ1v) is 9.08. The highest BCUT2D eigenvalue weighted by Crippen LogP contribution is 2.26. The fraction of sp³-hybridized carbons (Fsp3) is 0.188. The maximum atomic E-state index is 12.4. The van der Waals surface area contributed by atoms with Gasteiger partial charge in [0.1, 0.15) is 12.3 Å². The van der Waals surface area contributed by atoms with E-state index in [2.05, 4.69) is 0 Å². The van der Waals surface area contributed by atoms with Crippen LogP contribution in [0, 0.1) is 6.92 Å². The van der Waals surface area contributed by atoms with E-state index in [0.717, 1.165) is 9.87 Å². The van der Waals surface area contributed by atoms with Crippen LogP contribution in [-0.2, 0) is 14.8 Å². The molecule has 8 heteroatoms. The van der Waals surface area contributed by atoms with E-state index in [0.29, 0.717) is 5.02 Å². The van der Waals surface area contributed by atoms with Crippen LogP contribution in [0.5, 0.6) is 5.75 Å². The van der Waals surface area contributed by atoms with Crippen molar-refractivity contribution in [3.8, 4) is 5.75 Å². The number of benzene rings is 2. The molecule has 0 saturated heterocycles. The molecule has 0 radical (unpaired) electrons. The molecule has 0 N–H and O–H groups in total. The van der Waals surface area contributed by atoms with Crippen LogP contribution in [0.1, 0.15) is 5.56 Å². The second-order valence-corrected chi connectivity index (χ2v) is 7.98. The third-order valence-electron chi connectivity index (χ3n) is 3.20. The topological polar surface area (TPSA) is 63.7 Å². The number of hydrogen-bond acceptors (Lipinski definition) is 4.